The predicted octanol–water partition coefficient (Wildman–Crippen LogP) is 1.76. The molecule has 8 heteroatoms. The van der Waals surface area contributed by atoms with E-state index in [2.05, 4.69) is 4.99 Å². The molecule has 0 saturated carbocycles. The normalized spacial score (nSPS) is 11.6. The lowest BCUT2D eigenvalue weighted by atomic mass is 10.5. The molecule has 0 saturated heterocycles. The van der Waals surface area contributed by atoms with Crippen LogP contribution >= 0.6 is 11.3 Å². The van der Waals surface area contributed by atoms with E-state index < -0.39 is 10.0 Å². The second kappa shape index (κ2) is 7.94. The van der Waals surface area contributed by atoms with Gasteiger partial charge in [-0.05, 0) is 12.1 Å². The summed E-state index contributed by atoms with van der Waals surface area (Å²) >= 11 is 1.29. The molecule has 1 aromatic rings. The third-order valence-corrected chi connectivity index (χ3v) is 6.70. The van der Waals surface area contributed by atoms with Gasteiger partial charge in [-0.25, -0.2) is 13.4 Å². The SMILES string of the molecule is CCN(CC)S(=O)(=O)c1ccc(CN=C(N(C)C)N(C)C)s1. The van der Waals surface area contributed by atoms with Crippen molar-refractivity contribution in [3.63, 3.8) is 0 Å². The van der Waals surface area contributed by atoms with Crippen LogP contribution in [0.1, 0.15) is 18.7 Å². The van der Waals surface area contributed by atoms with Crippen molar-refractivity contribution in [1.82, 2.24) is 14.1 Å². The Bertz CT molecular complexity index is 592. The Morgan fingerprint density at radius 2 is 1.64 bits per heavy atom. The molecule has 22 heavy (non-hydrogen) atoms. The first-order chi connectivity index (χ1) is 10.2. The van der Waals surface area contributed by atoms with Crippen LogP contribution in [0, 0.1) is 0 Å². The Labute approximate surface area is 138 Å². The first kappa shape index (κ1) is 18.9. The van der Waals surface area contributed by atoms with E-state index in [1.807, 2.05) is 57.9 Å². The Hall–Kier alpha value is -1.12. The van der Waals surface area contributed by atoms with Gasteiger partial charge in [-0.1, -0.05) is 13.8 Å². The number of sulfonamides is 1. The van der Waals surface area contributed by atoms with Crippen molar-refractivity contribution in [2.45, 2.75) is 24.6 Å². The fourth-order valence-electron chi connectivity index (χ4n) is 2.10. The summed E-state index contributed by atoms with van der Waals surface area (Å²) in [7, 11) is 4.37. The molecule has 1 aromatic heterocycles. The van der Waals surface area contributed by atoms with Crippen LogP contribution < -0.4 is 0 Å². The molecule has 0 amide bonds. The Balaban J connectivity index is 2.96. The van der Waals surface area contributed by atoms with Gasteiger partial charge in [0.15, 0.2) is 5.96 Å². The fourth-order valence-corrected chi connectivity index (χ4v) is 5.00. The summed E-state index contributed by atoms with van der Waals surface area (Å²) < 4.78 is 26.7. The summed E-state index contributed by atoms with van der Waals surface area (Å²) in [6, 6.07) is 3.52. The first-order valence-electron chi connectivity index (χ1n) is 7.22. The smallest absolute Gasteiger partial charge is 0.252 e. The average molecular weight is 347 g/mol. The van der Waals surface area contributed by atoms with Gasteiger partial charge in [-0.15, -0.1) is 11.3 Å². The molecule has 0 aliphatic heterocycles. The zero-order valence-corrected chi connectivity index (χ0v) is 15.8. The third-order valence-electron chi connectivity index (χ3n) is 3.11. The quantitative estimate of drug-likeness (QED) is 0.582. The largest absolute Gasteiger partial charge is 0.349 e. The molecule has 1 heterocycles. The summed E-state index contributed by atoms with van der Waals surface area (Å²) in [5, 5.41) is 0. The van der Waals surface area contributed by atoms with Crippen molar-refractivity contribution in [3.05, 3.63) is 17.0 Å². The molecule has 0 aliphatic carbocycles. The maximum atomic E-state index is 12.4. The lowest BCUT2D eigenvalue weighted by Crippen LogP contribution is -2.35. The van der Waals surface area contributed by atoms with Crippen molar-refractivity contribution < 1.29 is 8.42 Å². The highest BCUT2D eigenvalue weighted by molar-refractivity contribution is 7.91. The second-order valence-electron chi connectivity index (χ2n) is 5.22. The van der Waals surface area contributed by atoms with Crippen LogP contribution in [0.5, 0.6) is 0 Å². The topological polar surface area (TPSA) is 56.2 Å². The monoisotopic (exact) mass is 346 g/mol. The van der Waals surface area contributed by atoms with Gasteiger partial charge in [0, 0.05) is 46.2 Å². The molecule has 0 atom stereocenters. The van der Waals surface area contributed by atoms with Gasteiger partial charge in [0.25, 0.3) is 10.0 Å². The standard InChI is InChI=1S/C14H26N4O2S2/c1-7-18(8-2)22(19,20)13-10-9-12(21-13)11-15-14(16(3)4)17(5)6/h9-10H,7-8,11H2,1-6H3. The van der Waals surface area contributed by atoms with E-state index in [9.17, 15) is 8.42 Å². The number of aliphatic imine (C=N–C) groups is 1. The molecular formula is C14H26N4O2S2. The number of thiophene rings is 1. The lowest BCUT2D eigenvalue weighted by molar-refractivity contribution is 0.447. The van der Waals surface area contributed by atoms with Crippen molar-refractivity contribution >= 4 is 27.3 Å². The molecule has 0 radical (unpaired) electrons. The van der Waals surface area contributed by atoms with Crippen LogP contribution in [0.25, 0.3) is 0 Å². The van der Waals surface area contributed by atoms with E-state index in [1.165, 1.54) is 15.6 Å². The zero-order chi connectivity index (χ0) is 16.9. The number of guanidine groups is 1. The van der Waals surface area contributed by atoms with Gasteiger partial charge in [-0.2, -0.15) is 4.31 Å². The van der Waals surface area contributed by atoms with E-state index in [4.69, 9.17) is 0 Å². The molecule has 0 unspecified atom stereocenters. The van der Waals surface area contributed by atoms with E-state index in [0.29, 0.717) is 23.8 Å². The Kier molecular flexibility index (Phi) is 6.83. The molecule has 0 spiro atoms. The van der Waals surface area contributed by atoms with Crippen LogP contribution in [-0.4, -0.2) is 69.8 Å². The summed E-state index contributed by atoms with van der Waals surface area (Å²) in [5.41, 5.74) is 0. The minimum atomic E-state index is -3.37. The highest BCUT2D eigenvalue weighted by Gasteiger charge is 2.23. The predicted molar refractivity (Wildman–Crippen MR) is 92.9 cm³/mol. The maximum absolute atomic E-state index is 12.4. The summed E-state index contributed by atoms with van der Waals surface area (Å²) in [4.78, 5) is 9.34. The first-order valence-corrected chi connectivity index (χ1v) is 9.47. The molecule has 0 bridgehead atoms. The molecule has 6 nitrogen and oxygen atoms in total. The summed E-state index contributed by atoms with van der Waals surface area (Å²) in [6.07, 6.45) is 0. The number of nitrogens with zero attached hydrogens (tertiary/aromatic N) is 4. The third kappa shape index (κ3) is 4.44. The van der Waals surface area contributed by atoms with E-state index in [-0.39, 0.29) is 0 Å². The molecule has 0 aromatic carbocycles. The van der Waals surface area contributed by atoms with Crippen LogP contribution in [-0.2, 0) is 16.6 Å². The Morgan fingerprint density at radius 1 is 1.09 bits per heavy atom. The van der Waals surface area contributed by atoms with Gasteiger partial charge in [-0.3, -0.25) is 0 Å². The highest BCUT2D eigenvalue weighted by Crippen LogP contribution is 2.25. The Morgan fingerprint density at radius 3 is 2.09 bits per heavy atom. The molecule has 1 rings (SSSR count). The van der Waals surface area contributed by atoms with Gasteiger partial charge in [0.1, 0.15) is 4.21 Å². The number of rotatable bonds is 6. The molecular weight excluding hydrogens is 320 g/mol. The van der Waals surface area contributed by atoms with Crippen LogP contribution in [0.3, 0.4) is 0 Å². The number of hydrogen-bond donors (Lipinski definition) is 0. The van der Waals surface area contributed by atoms with Gasteiger partial charge in [0.05, 0.1) is 6.54 Å². The van der Waals surface area contributed by atoms with Crippen LogP contribution in [0.15, 0.2) is 21.3 Å². The van der Waals surface area contributed by atoms with Crippen molar-refractivity contribution in [3.8, 4) is 0 Å². The second-order valence-corrected chi connectivity index (χ2v) is 8.55. The van der Waals surface area contributed by atoms with E-state index in [1.54, 1.807) is 6.07 Å². The maximum Gasteiger partial charge on any atom is 0.252 e. The zero-order valence-electron chi connectivity index (χ0n) is 14.2. The fraction of sp³-hybridized carbons (Fsp3) is 0.643. The molecule has 0 aliphatic rings. The van der Waals surface area contributed by atoms with Gasteiger partial charge >= 0.3 is 0 Å². The summed E-state index contributed by atoms with van der Waals surface area (Å²) in [6.45, 7) is 5.13. The molecule has 126 valence electrons. The minimum Gasteiger partial charge on any atom is -0.349 e. The molecule has 0 N–H and O–H groups in total. The highest BCUT2D eigenvalue weighted by atomic mass is 32.2. The van der Waals surface area contributed by atoms with E-state index >= 15 is 0 Å². The van der Waals surface area contributed by atoms with Crippen LogP contribution in [0.2, 0.25) is 0 Å². The average Bonchev–Trinajstić information content (AvgIpc) is 2.88. The van der Waals surface area contributed by atoms with E-state index in [0.717, 1.165) is 10.8 Å². The van der Waals surface area contributed by atoms with Crippen molar-refractivity contribution in [2.75, 3.05) is 41.3 Å². The van der Waals surface area contributed by atoms with Gasteiger partial charge in [0.2, 0.25) is 0 Å². The number of hydrogen-bond acceptors (Lipinski definition) is 4. The van der Waals surface area contributed by atoms with Crippen molar-refractivity contribution in [1.29, 1.82) is 0 Å². The minimum absolute atomic E-state index is 0.387. The lowest BCUT2D eigenvalue weighted by Gasteiger charge is -2.22. The molecule has 0 fully saturated rings. The van der Waals surface area contributed by atoms with Gasteiger partial charge < -0.3 is 9.80 Å². The summed E-state index contributed by atoms with van der Waals surface area (Å²) in [5.74, 6) is 0.849. The van der Waals surface area contributed by atoms with Crippen LogP contribution in [0.4, 0.5) is 0 Å². The van der Waals surface area contributed by atoms with Crippen molar-refractivity contribution in [2.24, 2.45) is 4.99 Å².